The summed E-state index contributed by atoms with van der Waals surface area (Å²) in [6.07, 6.45) is 29.3. The molecule has 236 valence electrons. The van der Waals surface area contributed by atoms with E-state index < -0.39 is 10.4 Å². The highest BCUT2D eigenvalue weighted by Crippen LogP contribution is 2.27. The minimum absolute atomic E-state index is 0.654. The second-order valence-electron chi connectivity index (χ2n) is 11.5. The molecule has 0 heterocycles. The average molecular weight is 585 g/mol. The molecule has 0 radical (unpaired) electrons. The highest BCUT2D eigenvalue weighted by atomic mass is 32.3. The van der Waals surface area contributed by atoms with Gasteiger partial charge in [-0.05, 0) is 49.9 Å². The van der Waals surface area contributed by atoms with Crippen LogP contribution in [0.15, 0.2) is 18.2 Å². The Bertz CT molecular complexity index is 809. The van der Waals surface area contributed by atoms with Crippen LogP contribution in [0.4, 0.5) is 11.4 Å². The summed E-state index contributed by atoms with van der Waals surface area (Å²) >= 11 is 0. The summed E-state index contributed by atoms with van der Waals surface area (Å²) < 4.78 is 31.6. The van der Waals surface area contributed by atoms with Gasteiger partial charge in [-0.15, -0.1) is 0 Å². The van der Waals surface area contributed by atoms with Crippen LogP contribution in [0.25, 0.3) is 0 Å². The Balaban J connectivity index is 0.00000277. The van der Waals surface area contributed by atoms with E-state index in [1.807, 2.05) is 0 Å². The molecule has 0 spiro atoms. The summed E-state index contributed by atoms with van der Waals surface area (Å²) in [5.41, 5.74) is 9.67. The number of nitrogens with two attached hydrogens (primary N) is 1. The zero-order valence-electron chi connectivity index (χ0n) is 26.5. The molecule has 0 saturated heterocycles. The van der Waals surface area contributed by atoms with Gasteiger partial charge in [-0.1, -0.05) is 136 Å². The van der Waals surface area contributed by atoms with Crippen molar-refractivity contribution in [1.29, 1.82) is 0 Å². The molecule has 1 aromatic carbocycles. The molecule has 6 nitrogen and oxygen atoms in total. The first kappa shape index (κ1) is 38.7. The second kappa shape index (κ2) is 25.4. The second-order valence-corrected chi connectivity index (χ2v) is 12.4. The lowest BCUT2D eigenvalue weighted by molar-refractivity contribution is 0.381. The summed E-state index contributed by atoms with van der Waals surface area (Å²) in [7, 11) is -4.67. The van der Waals surface area contributed by atoms with E-state index in [0.717, 1.165) is 5.69 Å². The maximum Gasteiger partial charge on any atom is 0.394 e. The van der Waals surface area contributed by atoms with Gasteiger partial charge in [0.05, 0.1) is 0 Å². The topological polar surface area (TPSA) is 104 Å². The van der Waals surface area contributed by atoms with Gasteiger partial charge in [-0.3, -0.25) is 9.11 Å². The summed E-state index contributed by atoms with van der Waals surface area (Å²) in [6, 6.07) is 7.35. The third-order valence-corrected chi connectivity index (χ3v) is 7.89. The number of anilines is 2. The molecule has 0 aliphatic heterocycles. The maximum absolute atomic E-state index is 8.74. The Morgan fingerprint density at radius 3 is 1.50 bits per heavy atom. The fourth-order valence-electron chi connectivity index (χ4n) is 5.40. The zero-order valence-corrected chi connectivity index (χ0v) is 27.3. The van der Waals surface area contributed by atoms with E-state index in [9.17, 15) is 0 Å². The van der Waals surface area contributed by atoms with Crippen molar-refractivity contribution in [3.63, 3.8) is 0 Å². The van der Waals surface area contributed by atoms with Crippen LogP contribution < -0.4 is 10.6 Å². The van der Waals surface area contributed by atoms with Gasteiger partial charge in [-0.25, -0.2) is 0 Å². The van der Waals surface area contributed by atoms with E-state index in [2.05, 4.69) is 50.8 Å². The minimum atomic E-state index is -4.67. The highest BCUT2D eigenvalue weighted by Gasteiger charge is 2.17. The molecule has 7 heteroatoms. The number of nitrogen functional groups attached to an aromatic ring is 1. The largest absolute Gasteiger partial charge is 0.399 e. The number of aryl methyl sites for hydroxylation is 1. The predicted molar refractivity (Wildman–Crippen MR) is 175 cm³/mol. The van der Waals surface area contributed by atoms with Crippen molar-refractivity contribution in [2.45, 2.75) is 169 Å². The normalized spacial score (nSPS) is 12.2. The third kappa shape index (κ3) is 23.4. The number of nitrogens with zero attached hydrogens (tertiary/aromatic N) is 1. The Hall–Kier alpha value is -1.31. The van der Waals surface area contributed by atoms with Crippen molar-refractivity contribution < 1.29 is 17.5 Å². The first-order valence-electron chi connectivity index (χ1n) is 16.5. The first-order chi connectivity index (χ1) is 19.1. The van der Waals surface area contributed by atoms with E-state index in [-0.39, 0.29) is 0 Å². The first-order valence-corrected chi connectivity index (χ1v) is 17.9. The summed E-state index contributed by atoms with van der Waals surface area (Å²) in [5.74, 6) is 0. The molecule has 1 aromatic rings. The lowest BCUT2D eigenvalue weighted by atomic mass is 10.0. The van der Waals surface area contributed by atoms with Gasteiger partial charge < -0.3 is 10.6 Å². The van der Waals surface area contributed by atoms with Crippen molar-refractivity contribution in [2.24, 2.45) is 0 Å². The van der Waals surface area contributed by atoms with Crippen LogP contribution in [0, 0.1) is 6.92 Å². The van der Waals surface area contributed by atoms with Crippen molar-refractivity contribution >= 4 is 21.8 Å². The lowest BCUT2D eigenvalue weighted by Gasteiger charge is -2.34. The van der Waals surface area contributed by atoms with E-state index in [1.54, 1.807) is 0 Å². The number of benzene rings is 1. The van der Waals surface area contributed by atoms with Crippen molar-refractivity contribution in [1.82, 2.24) is 0 Å². The minimum Gasteiger partial charge on any atom is -0.399 e. The molecular formula is C33H64N2O4S. The van der Waals surface area contributed by atoms with Crippen molar-refractivity contribution in [3.05, 3.63) is 23.8 Å². The van der Waals surface area contributed by atoms with Crippen molar-refractivity contribution in [3.8, 4) is 0 Å². The molecule has 0 fully saturated rings. The molecule has 1 rings (SSSR count). The van der Waals surface area contributed by atoms with E-state index in [1.165, 1.54) is 153 Å². The average Bonchev–Trinajstić information content (AvgIpc) is 2.90. The molecule has 0 aliphatic rings. The summed E-state index contributed by atoms with van der Waals surface area (Å²) in [6.45, 7) is 10.3. The molecule has 0 aliphatic carbocycles. The fourth-order valence-corrected chi connectivity index (χ4v) is 5.40. The van der Waals surface area contributed by atoms with Gasteiger partial charge in [0.1, 0.15) is 0 Å². The Morgan fingerprint density at radius 2 is 1.10 bits per heavy atom. The maximum atomic E-state index is 8.74. The standard InChI is InChI=1S/C33H62N2.H2O4S/c1-5-8-10-12-14-16-18-20-22-24-28-35(32-26-27-33(34)30(4)29-32)31(7-3)25-23-21-19-17-15-13-11-9-6-2;1-5(2,3)4/h26-27,29,31H,5-25,28,34H2,1-4H3;(H2,1,2,3,4). The van der Waals surface area contributed by atoms with Crippen LogP contribution >= 0.6 is 0 Å². The zero-order chi connectivity index (χ0) is 30.1. The van der Waals surface area contributed by atoms with Crippen LogP contribution in [-0.4, -0.2) is 30.1 Å². The number of unbranched alkanes of at least 4 members (excludes halogenated alkanes) is 17. The number of hydrogen-bond acceptors (Lipinski definition) is 4. The quantitative estimate of drug-likeness (QED) is 0.0634. The smallest absolute Gasteiger partial charge is 0.394 e. The molecule has 0 aromatic heterocycles. The highest BCUT2D eigenvalue weighted by molar-refractivity contribution is 7.79. The molecule has 40 heavy (non-hydrogen) atoms. The Morgan fingerprint density at radius 1 is 0.700 bits per heavy atom. The fraction of sp³-hybridized carbons (Fsp3) is 0.818. The lowest BCUT2D eigenvalue weighted by Crippen LogP contribution is -2.36. The number of hydrogen-bond donors (Lipinski definition) is 3. The molecule has 0 bridgehead atoms. The predicted octanol–water partition coefficient (Wildman–Crippen LogP) is 10.4. The SMILES string of the molecule is CCCCCCCCCCCCN(c1ccc(N)c(C)c1)C(CC)CCCCCCCCCCC.O=S(=O)(O)O. The monoisotopic (exact) mass is 584 g/mol. The molecule has 0 saturated carbocycles. The Kier molecular flexibility index (Phi) is 24.6. The molecule has 1 unspecified atom stereocenters. The van der Waals surface area contributed by atoms with Crippen LogP contribution in [0.1, 0.15) is 161 Å². The van der Waals surface area contributed by atoms with E-state index in [0.29, 0.717) is 6.04 Å². The van der Waals surface area contributed by atoms with Crippen LogP contribution in [0.3, 0.4) is 0 Å². The Labute approximate surface area is 248 Å². The van der Waals surface area contributed by atoms with Gasteiger partial charge in [0, 0.05) is 24.0 Å². The molecule has 0 amide bonds. The van der Waals surface area contributed by atoms with E-state index >= 15 is 0 Å². The van der Waals surface area contributed by atoms with Gasteiger partial charge in [-0.2, -0.15) is 8.42 Å². The van der Waals surface area contributed by atoms with Gasteiger partial charge in [0.25, 0.3) is 0 Å². The van der Waals surface area contributed by atoms with Crippen LogP contribution in [0.2, 0.25) is 0 Å². The number of rotatable bonds is 24. The van der Waals surface area contributed by atoms with Crippen LogP contribution in [0.5, 0.6) is 0 Å². The third-order valence-electron chi connectivity index (χ3n) is 7.89. The van der Waals surface area contributed by atoms with Gasteiger partial charge in [0.15, 0.2) is 0 Å². The van der Waals surface area contributed by atoms with Gasteiger partial charge >= 0.3 is 10.4 Å². The molecular weight excluding hydrogens is 520 g/mol. The summed E-state index contributed by atoms with van der Waals surface area (Å²) in [4.78, 5) is 2.72. The van der Waals surface area contributed by atoms with Gasteiger partial charge in [0.2, 0.25) is 0 Å². The van der Waals surface area contributed by atoms with Crippen molar-refractivity contribution in [2.75, 3.05) is 17.2 Å². The molecule has 1 atom stereocenters. The summed E-state index contributed by atoms with van der Waals surface area (Å²) in [5, 5.41) is 0. The van der Waals surface area contributed by atoms with E-state index in [4.69, 9.17) is 23.3 Å². The van der Waals surface area contributed by atoms with Crippen LogP contribution in [-0.2, 0) is 10.4 Å². The molecule has 4 N–H and O–H groups in total.